The maximum atomic E-state index is 13.0. The van der Waals surface area contributed by atoms with Crippen LogP contribution in [0.2, 0.25) is 0 Å². The van der Waals surface area contributed by atoms with Crippen molar-refractivity contribution in [3.8, 4) is 23.3 Å². The van der Waals surface area contributed by atoms with Crippen molar-refractivity contribution in [1.29, 1.82) is 5.26 Å². The van der Waals surface area contributed by atoms with E-state index in [0.29, 0.717) is 22.9 Å². The summed E-state index contributed by atoms with van der Waals surface area (Å²) in [5.74, 6) is -0.0140. The van der Waals surface area contributed by atoms with Crippen LogP contribution in [0.3, 0.4) is 0 Å². The topological polar surface area (TPSA) is 129 Å². The number of para-hydroxylation sites is 1. The van der Waals surface area contributed by atoms with Crippen LogP contribution < -0.4 is 20.5 Å². The zero-order chi connectivity index (χ0) is 21.3. The fourth-order valence-electron chi connectivity index (χ4n) is 3.15. The fraction of sp³-hybridized carbons (Fsp3) is 0.0952. The molecule has 0 fully saturated rings. The van der Waals surface area contributed by atoms with E-state index in [-0.39, 0.29) is 29.3 Å². The number of nitrogens with zero attached hydrogens (tertiary/aromatic N) is 2. The highest BCUT2D eigenvalue weighted by atomic mass is 16.7. The van der Waals surface area contributed by atoms with Gasteiger partial charge in [-0.25, -0.2) is 4.79 Å². The molecule has 9 heteroatoms. The minimum absolute atomic E-state index is 0.0182. The molecule has 2 aromatic carbocycles. The van der Waals surface area contributed by atoms with Crippen molar-refractivity contribution in [1.82, 2.24) is 4.57 Å². The second kappa shape index (κ2) is 7.52. The summed E-state index contributed by atoms with van der Waals surface area (Å²) in [7, 11) is 1.21. The lowest BCUT2D eigenvalue weighted by molar-refractivity contribution is 0.0592. The molecule has 2 heterocycles. The number of nitrogens with two attached hydrogens (primary N) is 1. The van der Waals surface area contributed by atoms with Crippen molar-refractivity contribution in [2.75, 3.05) is 25.0 Å². The highest BCUT2D eigenvalue weighted by Gasteiger charge is 2.24. The van der Waals surface area contributed by atoms with E-state index in [4.69, 9.17) is 19.9 Å². The molecule has 3 aromatic rings. The lowest BCUT2D eigenvalue weighted by Crippen LogP contribution is -2.17. The van der Waals surface area contributed by atoms with Crippen LogP contribution in [0.25, 0.3) is 5.69 Å². The molecule has 150 valence electrons. The van der Waals surface area contributed by atoms with Gasteiger partial charge in [-0.3, -0.25) is 4.79 Å². The zero-order valence-corrected chi connectivity index (χ0v) is 15.8. The quantitative estimate of drug-likeness (QED) is 0.640. The van der Waals surface area contributed by atoms with Crippen LogP contribution in [0, 0.1) is 11.3 Å². The van der Waals surface area contributed by atoms with Crippen LogP contribution in [0.15, 0.2) is 48.7 Å². The molecule has 0 aliphatic carbocycles. The standard InChI is InChI=1S/C21H16N4O5/c1-28-21(27)19-18(23)12(9-22)10-25(19)15-5-3-2-4-14(15)20(26)24-13-6-7-16-17(8-13)30-11-29-16/h2-8,10H,11,23H2,1H3,(H,24,26). The Labute approximate surface area is 171 Å². The predicted octanol–water partition coefficient (Wildman–Crippen LogP) is 2.70. The summed E-state index contributed by atoms with van der Waals surface area (Å²) < 4.78 is 16.8. The molecule has 0 saturated heterocycles. The van der Waals surface area contributed by atoms with E-state index in [1.807, 2.05) is 6.07 Å². The van der Waals surface area contributed by atoms with Gasteiger partial charge in [0.05, 0.1) is 29.6 Å². The van der Waals surface area contributed by atoms with Crippen LogP contribution in [-0.4, -0.2) is 30.3 Å². The van der Waals surface area contributed by atoms with Crippen molar-refractivity contribution in [3.63, 3.8) is 0 Å². The van der Waals surface area contributed by atoms with Gasteiger partial charge in [0.15, 0.2) is 17.2 Å². The number of esters is 1. The third-order valence-corrected chi connectivity index (χ3v) is 4.58. The number of carbonyl (C=O) groups is 2. The van der Waals surface area contributed by atoms with E-state index >= 15 is 0 Å². The van der Waals surface area contributed by atoms with E-state index < -0.39 is 11.9 Å². The maximum Gasteiger partial charge on any atom is 0.357 e. The van der Waals surface area contributed by atoms with Gasteiger partial charge in [-0.15, -0.1) is 0 Å². The molecular weight excluding hydrogens is 388 g/mol. The van der Waals surface area contributed by atoms with Gasteiger partial charge in [0.2, 0.25) is 6.79 Å². The van der Waals surface area contributed by atoms with Crippen molar-refractivity contribution >= 4 is 23.3 Å². The predicted molar refractivity (Wildman–Crippen MR) is 107 cm³/mol. The van der Waals surface area contributed by atoms with Crippen molar-refractivity contribution in [2.24, 2.45) is 0 Å². The molecule has 1 aliphatic rings. The number of hydrogen-bond acceptors (Lipinski definition) is 7. The summed E-state index contributed by atoms with van der Waals surface area (Å²) in [5, 5.41) is 12.1. The van der Waals surface area contributed by atoms with E-state index in [0.717, 1.165) is 0 Å². The van der Waals surface area contributed by atoms with Crippen molar-refractivity contribution < 1.29 is 23.8 Å². The first-order valence-corrected chi connectivity index (χ1v) is 8.83. The molecule has 4 rings (SSSR count). The molecule has 0 spiro atoms. The number of nitrogens with one attached hydrogen (secondary N) is 1. The minimum atomic E-state index is -0.722. The number of methoxy groups -OCH3 is 1. The molecule has 0 unspecified atom stereocenters. The Morgan fingerprint density at radius 3 is 2.73 bits per heavy atom. The van der Waals surface area contributed by atoms with Gasteiger partial charge in [0.1, 0.15) is 6.07 Å². The Bertz CT molecular complexity index is 1210. The van der Waals surface area contributed by atoms with Crippen molar-refractivity contribution in [2.45, 2.75) is 0 Å². The van der Waals surface area contributed by atoms with E-state index in [9.17, 15) is 14.9 Å². The van der Waals surface area contributed by atoms with Crippen LogP contribution in [-0.2, 0) is 4.74 Å². The monoisotopic (exact) mass is 404 g/mol. The molecule has 0 atom stereocenters. The SMILES string of the molecule is COC(=O)c1c(N)c(C#N)cn1-c1ccccc1C(=O)Nc1ccc2c(c1)OCO2. The van der Waals surface area contributed by atoms with Gasteiger partial charge in [-0.2, -0.15) is 5.26 Å². The zero-order valence-electron chi connectivity index (χ0n) is 15.8. The summed E-state index contributed by atoms with van der Waals surface area (Å²) in [6.07, 6.45) is 1.40. The third kappa shape index (κ3) is 3.16. The Hall–Kier alpha value is -4.45. The van der Waals surface area contributed by atoms with Crippen LogP contribution >= 0.6 is 0 Å². The van der Waals surface area contributed by atoms with E-state index in [1.165, 1.54) is 17.9 Å². The van der Waals surface area contributed by atoms with Gasteiger partial charge >= 0.3 is 5.97 Å². The Balaban J connectivity index is 1.74. The number of hydrogen-bond donors (Lipinski definition) is 2. The van der Waals surface area contributed by atoms with E-state index in [2.05, 4.69) is 5.32 Å². The largest absolute Gasteiger partial charge is 0.464 e. The lowest BCUT2D eigenvalue weighted by atomic mass is 10.1. The van der Waals surface area contributed by atoms with Crippen molar-refractivity contribution in [3.05, 3.63) is 65.5 Å². The molecule has 3 N–H and O–H groups in total. The van der Waals surface area contributed by atoms with Gasteiger partial charge in [-0.1, -0.05) is 12.1 Å². The van der Waals surface area contributed by atoms with Gasteiger partial charge in [0.25, 0.3) is 5.91 Å². The van der Waals surface area contributed by atoms with Gasteiger partial charge in [-0.05, 0) is 24.3 Å². The fourth-order valence-corrected chi connectivity index (χ4v) is 3.15. The maximum absolute atomic E-state index is 13.0. The first kappa shape index (κ1) is 18.9. The number of ether oxygens (including phenoxy) is 3. The highest BCUT2D eigenvalue weighted by Crippen LogP contribution is 2.34. The molecule has 30 heavy (non-hydrogen) atoms. The Kier molecular flexibility index (Phi) is 4.74. The molecule has 0 radical (unpaired) electrons. The first-order valence-electron chi connectivity index (χ1n) is 8.83. The number of nitriles is 1. The Morgan fingerprint density at radius 2 is 1.97 bits per heavy atom. The number of carbonyl (C=O) groups excluding carboxylic acids is 2. The summed E-state index contributed by atoms with van der Waals surface area (Å²) in [4.78, 5) is 25.3. The number of benzene rings is 2. The van der Waals surface area contributed by atoms with E-state index in [1.54, 1.807) is 42.5 Å². The molecule has 0 saturated carbocycles. The van der Waals surface area contributed by atoms with Gasteiger partial charge in [0, 0.05) is 18.0 Å². The number of anilines is 2. The van der Waals surface area contributed by atoms with Crippen LogP contribution in [0.4, 0.5) is 11.4 Å². The second-order valence-electron chi connectivity index (χ2n) is 6.32. The normalized spacial score (nSPS) is 11.6. The number of fused-ring (bicyclic) bond motifs is 1. The summed E-state index contributed by atoms with van der Waals surface area (Å²) in [5.41, 5.74) is 7.15. The number of nitrogen functional groups attached to an aromatic ring is 1. The first-order chi connectivity index (χ1) is 14.5. The molecule has 9 nitrogen and oxygen atoms in total. The third-order valence-electron chi connectivity index (χ3n) is 4.58. The lowest BCUT2D eigenvalue weighted by Gasteiger charge is -2.14. The second-order valence-corrected chi connectivity index (χ2v) is 6.32. The smallest absolute Gasteiger partial charge is 0.357 e. The van der Waals surface area contributed by atoms with Gasteiger partial charge < -0.3 is 29.8 Å². The minimum Gasteiger partial charge on any atom is -0.464 e. The summed E-state index contributed by atoms with van der Waals surface area (Å²) >= 11 is 0. The number of amides is 1. The molecule has 1 aromatic heterocycles. The average Bonchev–Trinajstić information content (AvgIpc) is 3.36. The van der Waals surface area contributed by atoms with Crippen LogP contribution in [0.1, 0.15) is 26.4 Å². The average molecular weight is 404 g/mol. The molecule has 1 aliphatic heterocycles. The summed E-state index contributed by atoms with van der Waals surface area (Å²) in [6, 6.07) is 13.6. The molecule has 1 amide bonds. The Morgan fingerprint density at radius 1 is 1.20 bits per heavy atom. The van der Waals surface area contributed by atoms with Crippen LogP contribution in [0.5, 0.6) is 11.5 Å². The number of rotatable bonds is 4. The summed E-state index contributed by atoms with van der Waals surface area (Å²) in [6.45, 7) is 0.127. The highest BCUT2D eigenvalue weighted by molar-refractivity contribution is 6.07. The number of aromatic nitrogens is 1. The molecule has 0 bridgehead atoms. The molecular formula is C21H16N4O5.